The van der Waals surface area contributed by atoms with Crippen LogP contribution in [0.5, 0.6) is 0 Å². The van der Waals surface area contributed by atoms with E-state index < -0.39 is 0 Å². The molecule has 4 heteroatoms. The van der Waals surface area contributed by atoms with E-state index in [1.165, 1.54) is 12.3 Å². The SMILES string of the molecule is Cn1ccc(=O)c2nccnc21. The highest BCUT2D eigenvalue weighted by Gasteiger charge is 1.99. The molecule has 0 bridgehead atoms. The molecule has 0 fully saturated rings. The Morgan fingerprint density at radius 1 is 1.33 bits per heavy atom. The van der Waals surface area contributed by atoms with Crippen LogP contribution in [0.3, 0.4) is 0 Å². The second-order valence-electron chi connectivity index (χ2n) is 2.52. The first-order valence-electron chi connectivity index (χ1n) is 3.55. The van der Waals surface area contributed by atoms with E-state index in [0.717, 1.165) is 0 Å². The summed E-state index contributed by atoms with van der Waals surface area (Å²) in [7, 11) is 1.83. The lowest BCUT2D eigenvalue weighted by Gasteiger charge is -2.00. The normalized spacial score (nSPS) is 10.4. The van der Waals surface area contributed by atoms with Crippen LogP contribution < -0.4 is 5.43 Å². The Balaban J connectivity index is 3.05. The fourth-order valence-electron chi connectivity index (χ4n) is 1.09. The number of pyridine rings is 1. The van der Waals surface area contributed by atoms with Crippen molar-refractivity contribution in [1.82, 2.24) is 14.5 Å². The van der Waals surface area contributed by atoms with Crippen molar-refractivity contribution in [2.75, 3.05) is 0 Å². The van der Waals surface area contributed by atoms with E-state index >= 15 is 0 Å². The molecule has 0 aliphatic rings. The van der Waals surface area contributed by atoms with Gasteiger partial charge >= 0.3 is 0 Å². The summed E-state index contributed by atoms with van der Waals surface area (Å²) in [6.07, 6.45) is 4.77. The average molecular weight is 161 g/mol. The third-order valence-corrected chi connectivity index (χ3v) is 1.70. The second kappa shape index (κ2) is 2.41. The van der Waals surface area contributed by atoms with Crippen molar-refractivity contribution >= 4 is 11.2 Å². The van der Waals surface area contributed by atoms with Crippen LogP contribution in [0, 0.1) is 0 Å². The van der Waals surface area contributed by atoms with Crippen LogP contribution in [0.25, 0.3) is 11.2 Å². The minimum Gasteiger partial charge on any atom is -0.334 e. The standard InChI is InChI=1S/C8H7N3O/c1-11-5-2-6(12)7-8(11)10-4-3-9-7/h2-5H,1H3. The molecule has 0 radical (unpaired) electrons. The monoisotopic (exact) mass is 161 g/mol. The first kappa shape index (κ1) is 6.97. The second-order valence-corrected chi connectivity index (χ2v) is 2.52. The highest BCUT2D eigenvalue weighted by molar-refractivity contribution is 5.68. The van der Waals surface area contributed by atoms with Crippen LogP contribution in [-0.4, -0.2) is 14.5 Å². The van der Waals surface area contributed by atoms with Gasteiger partial charge in [0.15, 0.2) is 11.2 Å². The Labute approximate surface area is 68.5 Å². The number of aromatic nitrogens is 3. The molecule has 12 heavy (non-hydrogen) atoms. The fourth-order valence-corrected chi connectivity index (χ4v) is 1.09. The molecule has 2 rings (SSSR count). The van der Waals surface area contributed by atoms with Gasteiger partial charge in [-0.1, -0.05) is 0 Å². The topological polar surface area (TPSA) is 47.8 Å². The minimum atomic E-state index is -0.0869. The molecule has 2 heterocycles. The van der Waals surface area contributed by atoms with Gasteiger partial charge in [0.25, 0.3) is 0 Å². The lowest BCUT2D eigenvalue weighted by atomic mass is 10.4. The van der Waals surface area contributed by atoms with Crippen molar-refractivity contribution in [3.05, 3.63) is 34.9 Å². The Morgan fingerprint density at radius 2 is 2.08 bits per heavy atom. The van der Waals surface area contributed by atoms with E-state index in [1.807, 2.05) is 7.05 Å². The predicted octanol–water partition coefficient (Wildman–Crippen LogP) is 0.328. The summed E-state index contributed by atoms with van der Waals surface area (Å²) < 4.78 is 1.77. The largest absolute Gasteiger partial charge is 0.334 e. The van der Waals surface area contributed by atoms with Crippen LogP contribution in [0.4, 0.5) is 0 Å². The molecule has 0 aliphatic carbocycles. The Bertz CT molecular complexity index is 475. The van der Waals surface area contributed by atoms with Gasteiger partial charge in [0.05, 0.1) is 0 Å². The number of rotatable bonds is 0. The van der Waals surface area contributed by atoms with Gasteiger partial charge in [0.1, 0.15) is 0 Å². The number of hydrogen-bond acceptors (Lipinski definition) is 3. The lowest BCUT2D eigenvalue weighted by molar-refractivity contribution is 0.922. The van der Waals surface area contributed by atoms with Crippen LogP contribution in [0.15, 0.2) is 29.5 Å². The quantitative estimate of drug-likeness (QED) is 0.559. The molecule has 0 unspecified atom stereocenters. The zero-order valence-corrected chi connectivity index (χ0v) is 6.56. The Morgan fingerprint density at radius 3 is 2.83 bits per heavy atom. The van der Waals surface area contributed by atoms with Crippen molar-refractivity contribution in [2.45, 2.75) is 0 Å². The van der Waals surface area contributed by atoms with Gasteiger partial charge in [-0.15, -0.1) is 0 Å². The highest BCUT2D eigenvalue weighted by atomic mass is 16.1. The van der Waals surface area contributed by atoms with Crippen molar-refractivity contribution < 1.29 is 0 Å². The number of hydrogen-bond donors (Lipinski definition) is 0. The smallest absolute Gasteiger partial charge is 0.209 e. The molecule has 0 saturated heterocycles. The molecule has 0 saturated carbocycles. The van der Waals surface area contributed by atoms with E-state index in [0.29, 0.717) is 11.2 Å². The maximum Gasteiger partial charge on any atom is 0.209 e. The van der Waals surface area contributed by atoms with Crippen molar-refractivity contribution in [1.29, 1.82) is 0 Å². The first-order valence-corrected chi connectivity index (χ1v) is 3.55. The predicted molar refractivity (Wildman–Crippen MR) is 44.8 cm³/mol. The van der Waals surface area contributed by atoms with E-state index in [1.54, 1.807) is 17.0 Å². The van der Waals surface area contributed by atoms with Crippen molar-refractivity contribution in [3.63, 3.8) is 0 Å². The molecule has 2 aromatic heterocycles. The van der Waals surface area contributed by atoms with Gasteiger partial charge in [0, 0.05) is 31.7 Å². The summed E-state index contributed by atoms with van der Waals surface area (Å²) in [5, 5.41) is 0. The van der Waals surface area contributed by atoms with Gasteiger partial charge in [-0.05, 0) is 0 Å². The zero-order chi connectivity index (χ0) is 8.55. The molecule has 0 aliphatic heterocycles. The van der Waals surface area contributed by atoms with Gasteiger partial charge in [0.2, 0.25) is 5.43 Å². The number of fused-ring (bicyclic) bond motifs is 1. The summed E-state index contributed by atoms with van der Waals surface area (Å²) in [5.74, 6) is 0. The van der Waals surface area contributed by atoms with Gasteiger partial charge in [-0.25, -0.2) is 9.97 Å². The minimum absolute atomic E-state index is 0.0869. The third kappa shape index (κ3) is 0.887. The van der Waals surface area contributed by atoms with Crippen molar-refractivity contribution in [2.24, 2.45) is 7.05 Å². The number of aryl methyl sites for hydroxylation is 1. The van der Waals surface area contributed by atoms with Crippen LogP contribution in [0.1, 0.15) is 0 Å². The fraction of sp³-hybridized carbons (Fsp3) is 0.125. The molecular formula is C8H7N3O. The molecule has 4 nitrogen and oxygen atoms in total. The Hall–Kier alpha value is -1.71. The van der Waals surface area contributed by atoms with E-state index in [2.05, 4.69) is 9.97 Å². The summed E-state index contributed by atoms with van der Waals surface area (Å²) in [4.78, 5) is 19.2. The first-order chi connectivity index (χ1) is 5.79. The number of nitrogens with zero attached hydrogens (tertiary/aromatic N) is 3. The summed E-state index contributed by atoms with van der Waals surface area (Å²) in [5.41, 5.74) is 0.948. The molecule has 0 aromatic carbocycles. The van der Waals surface area contributed by atoms with E-state index in [9.17, 15) is 4.79 Å². The van der Waals surface area contributed by atoms with Gasteiger partial charge < -0.3 is 4.57 Å². The molecule has 0 amide bonds. The lowest BCUT2D eigenvalue weighted by Crippen LogP contribution is -2.07. The van der Waals surface area contributed by atoms with Crippen LogP contribution in [-0.2, 0) is 7.05 Å². The van der Waals surface area contributed by atoms with Crippen LogP contribution in [0.2, 0.25) is 0 Å². The molecule has 60 valence electrons. The van der Waals surface area contributed by atoms with Gasteiger partial charge in [-0.3, -0.25) is 4.79 Å². The summed E-state index contributed by atoms with van der Waals surface area (Å²) in [6.45, 7) is 0. The third-order valence-electron chi connectivity index (χ3n) is 1.70. The molecular weight excluding hydrogens is 154 g/mol. The Kier molecular flexibility index (Phi) is 1.40. The van der Waals surface area contributed by atoms with Crippen LogP contribution >= 0.6 is 0 Å². The van der Waals surface area contributed by atoms with Gasteiger partial charge in [-0.2, -0.15) is 0 Å². The summed E-state index contributed by atoms with van der Waals surface area (Å²) >= 11 is 0. The maximum atomic E-state index is 11.2. The maximum absolute atomic E-state index is 11.2. The molecule has 0 atom stereocenters. The van der Waals surface area contributed by atoms with Crippen molar-refractivity contribution in [3.8, 4) is 0 Å². The molecule has 0 N–H and O–H groups in total. The summed E-state index contributed by atoms with van der Waals surface area (Å²) in [6, 6.07) is 1.48. The van der Waals surface area contributed by atoms with E-state index in [-0.39, 0.29) is 5.43 Å². The van der Waals surface area contributed by atoms with E-state index in [4.69, 9.17) is 0 Å². The average Bonchev–Trinajstić information content (AvgIpc) is 2.12. The molecule has 0 spiro atoms. The molecule has 2 aromatic rings. The highest BCUT2D eigenvalue weighted by Crippen LogP contribution is 1.99. The zero-order valence-electron chi connectivity index (χ0n) is 6.56.